The smallest absolute Gasteiger partial charge is 0.248 e. The van der Waals surface area contributed by atoms with Gasteiger partial charge >= 0.3 is 0 Å². The maximum absolute atomic E-state index is 10.9. The predicted molar refractivity (Wildman–Crippen MR) is 65.9 cm³/mol. The number of benzene rings is 1. The van der Waals surface area contributed by atoms with Crippen LogP contribution in [0.1, 0.15) is 36.7 Å². The molecule has 0 unspecified atom stereocenters. The van der Waals surface area contributed by atoms with Gasteiger partial charge < -0.3 is 5.73 Å². The Kier molecular flexibility index (Phi) is 6.18. The molecule has 0 bridgehead atoms. The summed E-state index contributed by atoms with van der Waals surface area (Å²) in [5.74, 6) is -0.490. The van der Waals surface area contributed by atoms with Gasteiger partial charge in [0.05, 0.1) is 5.69 Å². The van der Waals surface area contributed by atoms with Crippen LogP contribution in [0.2, 0.25) is 0 Å². The van der Waals surface area contributed by atoms with Gasteiger partial charge in [0.15, 0.2) is 0 Å². The van der Waals surface area contributed by atoms with Gasteiger partial charge in [-0.3, -0.25) is 15.1 Å². The lowest BCUT2D eigenvalue weighted by atomic mass is 10.1. The lowest BCUT2D eigenvalue weighted by Gasteiger charge is -2.15. The molecule has 0 aliphatic carbocycles. The highest BCUT2D eigenvalue weighted by atomic mass is 16.5. The second-order valence-corrected chi connectivity index (χ2v) is 3.08. The van der Waals surface area contributed by atoms with Crippen LogP contribution in [-0.2, 0) is 6.42 Å². The van der Waals surface area contributed by atoms with Crippen LogP contribution < -0.4 is 10.8 Å². The number of nitrogens with zero attached hydrogens (tertiary/aromatic N) is 1. The van der Waals surface area contributed by atoms with Crippen molar-refractivity contribution in [3.8, 4) is 0 Å². The van der Waals surface area contributed by atoms with E-state index < -0.39 is 5.91 Å². The number of amides is 1. The number of hydrogen-bond acceptors (Lipinski definition) is 3. The van der Waals surface area contributed by atoms with Crippen molar-refractivity contribution in [2.45, 2.75) is 27.2 Å². The van der Waals surface area contributed by atoms with E-state index in [1.54, 1.807) is 18.2 Å². The minimum Gasteiger partial charge on any atom is -0.366 e. The summed E-state index contributed by atoms with van der Waals surface area (Å²) in [6.07, 6.45) is 0.791. The Morgan fingerprint density at radius 1 is 1.44 bits per heavy atom. The topological polar surface area (TPSA) is 66.6 Å². The molecule has 0 fully saturated rings. The van der Waals surface area contributed by atoms with Gasteiger partial charge in [0.25, 0.3) is 0 Å². The van der Waals surface area contributed by atoms with E-state index in [-0.39, 0.29) is 0 Å². The molecule has 0 spiro atoms. The fourth-order valence-corrected chi connectivity index (χ4v) is 1.32. The fraction of sp³-hybridized carbons (Fsp3) is 0.417. The number of nitrogens with two attached hydrogens (primary N) is 1. The zero-order chi connectivity index (χ0) is 12.7. The van der Waals surface area contributed by atoms with Crippen molar-refractivity contribution in [1.29, 1.82) is 0 Å². The summed E-state index contributed by atoms with van der Waals surface area (Å²) in [5, 5.41) is 10.3. The predicted octanol–water partition coefficient (Wildman–Crippen LogP) is 2.20. The molecule has 0 radical (unpaired) electrons. The molecule has 1 aromatic carbocycles. The van der Waals surface area contributed by atoms with Crippen LogP contribution in [0.25, 0.3) is 0 Å². The number of carbonyl (C=O) groups excluding carboxylic acids is 1. The molecule has 0 aliphatic heterocycles. The molecule has 4 heteroatoms. The largest absolute Gasteiger partial charge is 0.366 e. The van der Waals surface area contributed by atoms with Crippen molar-refractivity contribution in [3.63, 3.8) is 0 Å². The van der Waals surface area contributed by atoms with Crippen LogP contribution in [-0.4, -0.2) is 18.2 Å². The molecule has 0 saturated heterocycles. The molecule has 1 aromatic rings. The summed E-state index contributed by atoms with van der Waals surface area (Å²) in [6.45, 7) is 5.98. The van der Waals surface area contributed by atoms with Crippen molar-refractivity contribution in [2.75, 3.05) is 12.1 Å². The second kappa shape index (κ2) is 6.85. The zero-order valence-corrected chi connectivity index (χ0v) is 10.3. The number of hydroxylamine groups is 1. The van der Waals surface area contributed by atoms with E-state index in [1.807, 2.05) is 20.8 Å². The Labute approximate surface area is 96.6 Å². The highest BCUT2D eigenvalue weighted by Gasteiger charge is 2.08. The lowest BCUT2D eigenvalue weighted by Crippen LogP contribution is -2.16. The molecule has 0 heterocycles. The van der Waals surface area contributed by atoms with Crippen molar-refractivity contribution in [1.82, 2.24) is 0 Å². The van der Waals surface area contributed by atoms with Crippen LogP contribution in [0, 0.1) is 0 Å². The van der Waals surface area contributed by atoms with Gasteiger partial charge in [-0.25, -0.2) is 0 Å². The molecular weight excluding hydrogens is 204 g/mol. The fourth-order valence-electron chi connectivity index (χ4n) is 1.32. The van der Waals surface area contributed by atoms with E-state index in [4.69, 9.17) is 5.73 Å². The number of hydrogen-bond donors (Lipinski definition) is 2. The number of rotatable bonds is 3. The Morgan fingerprint density at radius 3 is 2.38 bits per heavy atom. The van der Waals surface area contributed by atoms with Gasteiger partial charge in [0.2, 0.25) is 5.91 Å². The van der Waals surface area contributed by atoms with Crippen molar-refractivity contribution in [3.05, 3.63) is 29.3 Å². The van der Waals surface area contributed by atoms with Gasteiger partial charge in [-0.15, -0.1) is 0 Å². The number of carbonyl (C=O) groups is 1. The first-order valence-electron chi connectivity index (χ1n) is 5.41. The van der Waals surface area contributed by atoms with Gasteiger partial charge in [0, 0.05) is 12.6 Å². The Balaban J connectivity index is 0.00000106. The average molecular weight is 224 g/mol. The Hall–Kier alpha value is -1.55. The van der Waals surface area contributed by atoms with Crippen molar-refractivity contribution in [2.24, 2.45) is 5.73 Å². The molecular formula is C12H20N2O2. The monoisotopic (exact) mass is 224 g/mol. The van der Waals surface area contributed by atoms with Gasteiger partial charge in [-0.1, -0.05) is 26.8 Å². The molecule has 1 amide bonds. The SMILES string of the molecule is CC.CCc1ccc(C(N)=O)cc1N(C)O. The molecule has 4 nitrogen and oxygen atoms in total. The summed E-state index contributed by atoms with van der Waals surface area (Å²) in [4.78, 5) is 10.9. The molecule has 16 heavy (non-hydrogen) atoms. The highest BCUT2D eigenvalue weighted by molar-refractivity contribution is 5.94. The van der Waals surface area contributed by atoms with Gasteiger partial charge in [-0.05, 0) is 24.1 Å². The highest BCUT2D eigenvalue weighted by Crippen LogP contribution is 2.20. The van der Waals surface area contributed by atoms with Crippen LogP contribution in [0.5, 0.6) is 0 Å². The van der Waals surface area contributed by atoms with E-state index in [2.05, 4.69) is 0 Å². The number of aryl methyl sites for hydroxylation is 1. The Bertz CT molecular complexity index is 349. The summed E-state index contributed by atoms with van der Waals surface area (Å²) in [5.41, 5.74) is 7.12. The third kappa shape index (κ3) is 3.55. The van der Waals surface area contributed by atoms with E-state index >= 15 is 0 Å². The molecule has 0 aromatic heterocycles. The van der Waals surface area contributed by atoms with Crippen molar-refractivity contribution < 1.29 is 10.0 Å². The molecule has 0 saturated carbocycles. The first-order chi connectivity index (χ1) is 7.56. The van der Waals surface area contributed by atoms with Crippen LogP contribution in [0.15, 0.2) is 18.2 Å². The first-order valence-corrected chi connectivity index (χ1v) is 5.41. The summed E-state index contributed by atoms with van der Waals surface area (Å²) in [7, 11) is 1.51. The molecule has 0 aliphatic rings. The van der Waals surface area contributed by atoms with E-state index in [0.717, 1.165) is 17.0 Å². The Morgan fingerprint density at radius 2 is 2.00 bits per heavy atom. The third-order valence-corrected chi connectivity index (χ3v) is 2.10. The molecule has 90 valence electrons. The summed E-state index contributed by atoms with van der Waals surface area (Å²) >= 11 is 0. The van der Waals surface area contributed by atoms with Gasteiger partial charge in [-0.2, -0.15) is 0 Å². The van der Waals surface area contributed by atoms with E-state index in [0.29, 0.717) is 11.3 Å². The molecule has 0 atom stereocenters. The van der Waals surface area contributed by atoms with Crippen molar-refractivity contribution >= 4 is 11.6 Å². The van der Waals surface area contributed by atoms with Crippen LogP contribution in [0.3, 0.4) is 0 Å². The maximum Gasteiger partial charge on any atom is 0.248 e. The van der Waals surface area contributed by atoms with Gasteiger partial charge in [0.1, 0.15) is 0 Å². The average Bonchev–Trinajstić information content (AvgIpc) is 2.30. The van der Waals surface area contributed by atoms with E-state index in [1.165, 1.54) is 7.05 Å². The number of anilines is 1. The third-order valence-electron chi connectivity index (χ3n) is 2.10. The first kappa shape index (κ1) is 14.5. The molecule has 1 rings (SSSR count). The summed E-state index contributed by atoms with van der Waals surface area (Å²) < 4.78 is 0. The normalized spacial score (nSPS) is 9.06. The molecule has 3 N–H and O–H groups in total. The minimum atomic E-state index is -0.490. The van der Waals surface area contributed by atoms with Crippen LogP contribution >= 0.6 is 0 Å². The summed E-state index contributed by atoms with van der Waals surface area (Å²) in [6, 6.07) is 5.04. The number of primary amides is 1. The zero-order valence-electron chi connectivity index (χ0n) is 10.3. The quantitative estimate of drug-likeness (QED) is 0.773. The minimum absolute atomic E-state index is 0.401. The standard InChI is InChI=1S/C10H14N2O2.C2H6/c1-3-7-4-5-8(10(11)13)6-9(7)12(2)14;1-2/h4-6,14H,3H2,1-2H3,(H2,11,13);1-2H3. The lowest BCUT2D eigenvalue weighted by molar-refractivity contribution is 0.100. The van der Waals surface area contributed by atoms with E-state index in [9.17, 15) is 10.0 Å². The van der Waals surface area contributed by atoms with Crippen LogP contribution in [0.4, 0.5) is 5.69 Å². The maximum atomic E-state index is 10.9. The second-order valence-electron chi connectivity index (χ2n) is 3.08.